The molecule has 0 aromatic carbocycles. The summed E-state index contributed by atoms with van der Waals surface area (Å²) in [6.07, 6.45) is 15.6. The fraction of sp³-hybridized carbons (Fsp3) is 0.667. The van der Waals surface area contributed by atoms with Crippen LogP contribution in [0.4, 0.5) is 0 Å². The molecule has 4 atom stereocenters. The smallest absolute Gasteiger partial charge is 0.0881 e. The average Bonchev–Trinajstić information content (AvgIpc) is 3.16. The third-order valence-electron chi connectivity index (χ3n) is 5.01. The molecule has 0 aliphatic carbocycles. The lowest BCUT2D eigenvalue weighted by molar-refractivity contribution is 0.756. The minimum Gasteiger partial charge on any atom is -0.151 e. The molecule has 3 unspecified atom stereocenters. The Balaban J connectivity index is 2.31. The molecule has 0 bridgehead atoms. The van der Waals surface area contributed by atoms with Gasteiger partial charge in [-0.1, -0.05) is 52.8 Å². The Bertz CT molecular complexity index is 458. The molecule has 0 N–H and O–H groups in total. The van der Waals surface area contributed by atoms with Crippen LogP contribution in [-0.4, -0.2) is 30.2 Å². The number of allylic oxidation sites excluding steroid dienone is 5. The summed E-state index contributed by atoms with van der Waals surface area (Å²) in [6.45, 7) is 9.07. The molecule has 2 fully saturated rings. The van der Waals surface area contributed by atoms with Crippen molar-refractivity contribution in [1.29, 1.82) is 0 Å². The maximum absolute atomic E-state index is 10.7. The van der Waals surface area contributed by atoms with Crippen LogP contribution in [0.2, 0.25) is 0 Å². The van der Waals surface area contributed by atoms with Gasteiger partial charge in [-0.15, -0.1) is 0 Å². The average molecular weight is 337 g/mol. The summed E-state index contributed by atoms with van der Waals surface area (Å²) in [5.41, 5.74) is 1.44. The van der Waals surface area contributed by atoms with Crippen LogP contribution < -0.4 is 0 Å². The number of hydrogen-bond donors (Lipinski definition) is 0. The summed E-state index contributed by atoms with van der Waals surface area (Å²) in [4.78, 5) is 10.7. The highest BCUT2D eigenvalue weighted by molar-refractivity contribution is 7.67. The van der Waals surface area contributed by atoms with Crippen LogP contribution in [0, 0.1) is 4.91 Å². The molecule has 2 nitrogen and oxygen atoms in total. The van der Waals surface area contributed by atoms with E-state index in [1.54, 1.807) is 10.6 Å². The van der Waals surface area contributed by atoms with Gasteiger partial charge in [0.25, 0.3) is 0 Å². The van der Waals surface area contributed by atoms with Crippen molar-refractivity contribution in [2.24, 2.45) is 5.18 Å². The predicted molar refractivity (Wildman–Crippen MR) is 103 cm³/mol. The van der Waals surface area contributed by atoms with Crippen molar-refractivity contribution < 1.29 is 0 Å². The first-order valence-corrected chi connectivity index (χ1v) is 11.7. The molecule has 2 rings (SSSR count). The van der Waals surface area contributed by atoms with Gasteiger partial charge in [-0.3, -0.25) is 0 Å². The summed E-state index contributed by atoms with van der Waals surface area (Å²) in [5.74, 6) is 0. The van der Waals surface area contributed by atoms with Crippen molar-refractivity contribution in [3.05, 3.63) is 40.3 Å². The zero-order chi connectivity index (χ0) is 15.9. The summed E-state index contributed by atoms with van der Waals surface area (Å²) >= 11 is 0. The molecule has 2 saturated heterocycles. The molecule has 0 saturated carbocycles. The van der Waals surface area contributed by atoms with Gasteiger partial charge >= 0.3 is 0 Å². The van der Waals surface area contributed by atoms with Gasteiger partial charge in [0.15, 0.2) is 0 Å². The van der Waals surface area contributed by atoms with E-state index in [0.29, 0.717) is 12.2 Å². The fourth-order valence-electron chi connectivity index (χ4n) is 3.86. The second kappa shape index (κ2) is 9.09. The van der Waals surface area contributed by atoms with Crippen molar-refractivity contribution in [3.63, 3.8) is 0 Å². The SMILES string of the molecule is C=C/C=C\C(=C(/C)P1CCCC1CN=O)P1CCC[C@H]1CC. The van der Waals surface area contributed by atoms with Crippen molar-refractivity contribution in [1.82, 2.24) is 0 Å². The molecular weight excluding hydrogens is 308 g/mol. The van der Waals surface area contributed by atoms with E-state index < -0.39 is 0 Å². The van der Waals surface area contributed by atoms with Crippen LogP contribution >= 0.6 is 15.8 Å². The summed E-state index contributed by atoms with van der Waals surface area (Å²) < 4.78 is 0. The zero-order valence-corrected chi connectivity index (χ0v) is 15.8. The normalized spacial score (nSPS) is 33.2. The number of nitrogens with zero attached hydrogens (tertiary/aromatic N) is 1. The van der Waals surface area contributed by atoms with E-state index >= 15 is 0 Å². The van der Waals surface area contributed by atoms with Gasteiger partial charge in [-0.05, 0) is 67.6 Å². The van der Waals surface area contributed by atoms with Crippen molar-refractivity contribution in [2.75, 3.05) is 18.9 Å². The van der Waals surface area contributed by atoms with Crippen LogP contribution in [0.15, 0.2) is 40.6 Å². The Labute approximate surface area is 138 Å². The quantitative estimate of drug-likeness (QED) is 0.299. The lowest BCUT2D eigenvalue weighted by Crippen LogP contribution is -2.06. The number of nitroso groups, excluding NO2 is 1. The van der Waals surface area contributed by atoms with Crippen molar-refractivity contribution in [2.45, 2.75) is 57.3 Å². The first kappa shape index (κ1) is 18.0. The number of rotatable bonds is 7. The first-order chi connectivity index (χ1) is 10.7. The molecule has 2 aliphatic heterocycles. The van der Waals surface area contributed by atoms with Crippen molar-refractivity contribution in [3.8, 4) is 0 Å². The molecule has 0 aromatic heterocycles. The Kier molecular flexibility index (Phi) is 7.45. The molecule has 122 valence electrons. The summed E-state index contributed by atoms with van der Waals surface area (Å²) in [5, 5.41) is 6.46. The van der Waals surface area contributed by atoms with Crippen molar-refractivity contribution >= 4 is 15.8 Å². The van der Waals surface area contributed by atoms with E-state index in [4.69, 9.17) is 0 Å². The molecular formula is C18H29NOP2. The number of hydrogen-bond acceptors (Lipinski definition) is 2. The van der Waals surface area contributed by atoms with Gasteiger partial charge in [0.2, 0.25) is 0 Å². The molecule has 22 heavy (non-hydrogen) atoms. The lowest BCUT2D eigenvalue weighted by Gasteiger charge is -2.27. The van der Waals surface area contributed by atoms with Crippen LogP contribution in [-0.2, 0) is 0 Å². The van der Waals surface area contributed by atoms with E-state index in [0.717, 1.165) is 5.66 Å². The standard InChI is InChI=1S/C18H29NOP2/c1-4-6-11-18(22-13-7-9-16(22)5-2)15(3)21-12-8-10-17(21)14-19-20/h4,6,11,16-17H,1,5,7-10,12-14H2,2-3H3/b11-6-,18-15-/t16-,17?,21?,22?/m1/s1. The third-order valence-corrected chi connectivity index (χ3v) is 11.8. The molecule has 0 spiro atoms. The minimum absolute atomic E-state index is 0.0150. The lowest BCUT2D eigenvalue weighted by atomic mass is 10.2. The highest BCUT2D eigenvalue weighted by Gasteiger charge is 2.33. The van der Waals surface area contributed by atoms with E-state index in [-0.39, 0.29) is 15.8 Å². The summed E-state index contributed by atoms with van der Waals surface area (Å²) in [6, 6.07) is 0. The van der Waals surface area contributed by atoms with Gasteiger partial charge in [0, 0.05) is 5.66 Å². The third kappa shape index (κ3) is 4.15. The predicted octanol–water partition coefficient (Wildman–Crippen LogP) is 6.43. The van der Waals surface area contributed by atoms with E-state index in [9.17, 15) is 4.91 Å². The van der Waals surface area contributed by atoms with E-state index in [1.165, 1.54) is 44.4 Å². The zero-order valence-electron chi connectivity index (χ0n) is 14.0. The van der Waals surface area contributed by atoms with Crippen LogP contribution in [0.3, 0.4) is 0 Å². The van der Waals surface area contributed by atoms with Gasteiger partial charge in [-0.2, -0.15) is 4.91 Å². The Morgan fingerprint density at radius 1 is 1.23 bits per heavy atom. The Hall–Kier alpha value is -0.320. The Morgan fingerprint density at radius 3 is 2.55 bits per heavy atom. The molecule has 0 radical (unpaired) electrons. The van der Waals surface area contributed by atoms with Gasteiger partial charge in [0.1, 0.15) is 0 Å². The Morgan fingerprint density at radius 2 is 1.91 bits per heavy atom. The largest absolute Gasteiger partial charge is 0.151 e. The maximum Gasteiger partial charge on any atom is 0.0881 e. The van der Waals surface area contributed by atoms with E-state index in [2.05, 4.69) is 37.8 Å². The fourth-order valence-corrected chi connectivity index (χ4v) is 10.7. The summed E-state index contributed by atoms with van der Waals surface area (Å²) in [7, 11) is -0.170. The van der Waals surface area contributed by atoms with Gasteiger partial charge < -0.3 is 0 Å². The van der Waals surface area contributed by atoms with Crippen LogP contribution in [0.1, 0.15) is 46.0 Å². The first-order valence-electron chi connectivity index (χ1n) is 8.55. The van der Waals surface area contributed by atoms with Crippen LogP contribution in [0.25, 0.3) is 0 Å². The monoisotopic (exact) mass is 337 g/mol. The highest BCUT2D eigenvalue weighted by Crippen LogP contribution is 2.65. The second-order valence-electron chi connectivity index (χ2n) is 6.26. The van der Waals surface area contributed by atoms with E-state index in [1.807, 2.05) is 6.08 Å². The molecule has 2 heterocycles. The second-order valence-corrected chi connectivity index (χ2v) is 11.7. The molecule has 0 aromatic rings. The topological polar surface area (TPSA) is 29.4 Å². The van der Waals surface area contributed by atoms with Crippen LogP contribution in [0.5, 0.6) is 0 Å². The van der Waals surface area contributed by atoms with Gasteiger partial charge in [-0.25, -0.2) is 0 Å². The molecule has 4 heteroatoms. The molecule has 2 aliphatic rings. The van der Waals surface area contributed by atoms with Gasteiger partial charge in [0.05, 0.1) is 6.54 Å². The molecule has 0 amide bonds. The minimum atomic E-state index is -0.155. The highest BCUT2D eigenvalue weighted by atomic mass is 31.1. The maximum atomic E-state index is 10.7.